The van der Waals surface area contributed by atoms with Gasteiger partial charge in [0.1, 0.15) is 0 Å². The highest BCUT2D eigenvalue weighted by Gasteiger charge is 2.72. The van der Waals surface area contributed by atoms with Crippen LogP contribution in [-0.2, 0) is 18.9 Å². The van der Waals surface area contributed by atoms with E-state index in [1.807, 2.05) is 6.92 Å². The molecule has 1 heterocycles. The Balaban J connectivity index is 1.33. The van der Waals surface area contributed by atoms with Crippen molar-refractivity contribution < 1.29 is 39.4 Å². The van der Waals surface area contributed by atoms with Gasteiger partial charge in [0.25, 0.3) is 0 Å². The molecule has 1 saturated heterocycles. The Kier molecular flexibility index (Phi) is 9.69. The fourth-order valence-electron chi connectivity index (χ4n) is 12.5. The summed E-state index contributed by atoms with van der Waals surface area (Å²) in [6.45, 7) is 19.9. The van der Waals surface area contributed by atoms with Crippen LogP contribution in [0.5, 0.6) is 0 Å². The molecule has 0 amide bonds. The number of aliphatic hydroxyl groups is 4. The maximum atomic E-state index is 12.5. The molecule has 47 heavy (non-hydrogen) atoms. The van der Waals surface area contributed by atoms with Crippen molar-refractivity contribution in [1.29, 1.82) is 0 Å². The van der Waals surface area contributed by atoms with Crippen LogP contribution < -0.4 is 0 Å². The van der Waals surface area contributed by atoms with Gasteiger partial charge in [-0.15, -0.1) is 0 Å². The van der Waals surface area contributed by atoms with Gasteiger partial charge >= 0.3 is 0 Å². The lowest BCUT2D eigenvalue weighted by Gasteiger charge is -2.72. The van der Waals surface area contributed by atoms with Crippen molar-refractivity contribution in [2.75, 3.05) is 26.4 Å². The number of ether oxygens (including phenoxy) is 4. The Morgan fingerprint density at radius 3 is 2.23 bits per heavy atom. The van der Waals surface area contributed by atoms with Crippen LogP contribution in [0.3, 0.4) is 0 Å². The maximum Gasteiger partial charge on any atom is 0.157 e. The molecule has 8 heteroatoms. The van der Waals surface area contributed by atoms with Crippen molar-refractivity contribution >= 4 is 0 Å². The molecule has 12 atom stereocenters. The second-order valence-corrected chi connectivity index (χ2v) is 18.4. The van der Waals surface area contributed by atoms with E-state index in [-0.39, 0.29) is 46.6 Å². The van der Waals surface area contributed by atoms with Crippen LogP contribution in [0.1, 0.15) is 120 Å². The second kappa shape index (κ2) is 12.6. The highest BCUT2D eigenvalue weighted by molar-refractivity contribution is 5.36. The Labute approximate surface area is 284 Å². The molecule has 4 saturated carbocycles. The van der Waals surface area contributed by atoms with Crippen molar-refractivity contribution in [2.45, 2.75) is 157 Å². The Morgan fingerprint density at radius 2 is 1.55 bits per heavy atom. The normalized spacial score (nSPS) is 48.1. The first kappa shape index (κ1) is 36.2. The van der Waals surface area contributed by atoms with E-state index >= 15 is 0 Å². The minimum Gasteiger partial charge on any atom is -0.393 e. The molecule has 1 aliphatic heterocycles. The van der Waals surface area contributed by atoms with E-state index in [0.717, 1.165) is 44.9 Å². The number of rotatable bonds is 9. The molecule has 0 aromatic rings. The first-order valence-electron chi connectivity index (χ1n) is 18.9. The van der Waals surface area contributed by atoms with Crippen molar-refractivity contribution in [2.24, 2.45) is 50.2 Å². The number of fused-ring (bicyclic) bond motifs is 7. The summed E-state index contributed by atoms with van der Waals surface area (Å²) in [7, 11) is 0. The lowest BCUT2D eigenvalue weighted by molar-refractivity contribution is -0.275. The molecular formula is C39H66O8. The average Bonchev–Trinajstić information content (AvgIpc) is 3.52. The van der Waals surface area contributed by atoms with E-state index in [4.69, 9.17) is 18.9 Å². The molecule has 0 bridgehead atoms. The third-order valence-corrected chi connectivity index (χ3v) is 15.6. The SMILES string of the molecule is CCOC(CCCC1OCCO1)OC[C@@]12[C@@H](O)C[C@]3(C)C(=CCC4[C@@]5(C)CC[C@H](O)C(C)(C)C5CC[C@]43C)[C@@H]1CC(C)(C)C(O)[C@@H]2O. The van der Waals surface area contributed by atoms with Gasteiger partial charge in [-0.3, -0.25) is 0 Å². The zero-order valence-corrected chi connectivity index (χ0v) is 30.6. The summed E-state index contributed by atoms with van der Waals surface area (Å²) >= 11 is 0. The van der Waals surface area contributed by atoms with E-state index in [9.17, 15) is 20.4 Å². The molecule has 4 N–H and O–H groups in total. The van der Waals surface area contributed by atoms with Crippen LogP contribution in [0.15, 0.2) is 11.6 Å². The number of hydrogen-bond acceptors (Lipinski definition) is 8. The first-order valence-corrected chi connectivity index (χ1v) is 18.9. The molecule has 5 fully saturated rings. The zero-order valence-electron chi connectivity index (χ0n) is 30.6. The molecular weight excluding hydrogens is 596 g/mol. The number of hydrogen-bond donors (Lipinski definition) is 4. The molecule has 0 spiro atoms. The van der Waals surface area contributed by atoms with Crippen molar-refractivity contribution in [3.05, 3.63) is 11.6 Å². The van der Waals surface area contributed by atoms with E-state index in [1.165, 1.54) is 5.57 Å². The molecule has 6 aliphatic rings. The second-order valence-electron chi connectivity index (χ2n) is 18.4. The van der Waals surface area contributed by atoms with Gasteiger partial charge in [-0.05, 0) is 116 Å². The summed E-state index contributed by atoms with van der Waals surface area (Å²) in [6, 6.07) is 0. The summed E-state index contributed by atoms with van der Waals surface area (Å²) in [5.74, 6) is 0.747. The summed E-state index contributed by atoms with van der Waals surface area (Å²) in [5, 5.41) is 47.3. The monoisotopic (exact) mass is 662 g/mol. The van der Waals surface area contributed by atoms with Crippen LogP contribution in [0.25, 0.3) is 0 Å². The third-order valence-electron chi connectivity index (χ3n) is 15.6. The Morgan fingerprint density at radius 1 is 0.851 bits per heavy atom. The van der Waals surface area contributed by atoms with Gasteiger partial charge in [0, 0.05) is 6.61 Å². The van der Waals surface area contributed by atoms with Crippen molar-refractivity contribution in [3.63, 3.8) is 0 Å². The minimum absolute atomic E-state index is 0.0436. The Hall–Kier alpha value is -0.580. The van der Waals surface area contributed by atoms with Crippen molar-refractivity contribution in [3.8, 4) is 0 Å². The van der Waals surface area contributed by atoms with Crippen LogP contribution in [0, 0.1) is 50.2 Å². The van der Waals surface area contributed by atoms with E-state index in [1.54, 1.807) is 0 Å². The van der Waals surface area contributed by atoms with E-state index in [2.05, 4.69) is 54.5 Å². The molecule has 8 nitrogen and oxygen atoms in total. The highest BCUT2D eigenvalue weighted by Crippen LogP contribution is 2.75. The van der Waals surface area contributed by atoms with Gasteiger partial charge in [-0.25, -0.2) is 0 Å². The van der Waals surface area contributed by atoms with Crippen LogP contribution in [0.2, 0.25) is 0 Å². The average molecular weight is 663 g/mol. The lowest BCUT2D eigenvalue weighted by Crippen LogP contribution is -2.71. The predicted molar refractivity (Wildman–Crippen MR) is 180 cm³/mol. The number of aliphatic hydroxyl groups excluding tert-OH is 4. The molecule has 6 rings (SSSR count). The van der Waals surface area contributed by atoms with Crippen LogP contribution in [0.4, 0.5) is 0 Å². The van der Waals surface area contributed by atoms with Gasteiger partial charge in [0.05, 0.1) is 49.7 Å². The fraction of sp³-hybridized carbons (Fsp3) is 0.949. The lowest BCUT2D eigenvalue weighted by atomic mass is 9.33. The number of allylic oxidation sites excluding steroid dienone is 2. The van der Waals surface area contributed by atoms with Gasteiger partial charge in [-0.2, -0.15) is 0 Å². The predicted octanol–water partition coefficient (Wildman–Crippen LogP) is 5.98. The molecule has 5 aliphatic carbocycles. The third kappa shape index (κ3) is 5.44. The minimum atomic E-state index is -1.14. The molecule has 0 aromatic carbocycles. The van der Waals surface area contributed by atoms with Crippen LogP contribution >= 0.6 is 0 Å². The van der Waals surface area contributed by atoms with Gasteiger partial charge in [0.2, 0.25) is 0 Å². The quantitative estimate of drug-likeness (QED) is 0.176. The largest absolute Gasteiger partial charge is 0.393 e. The van der Waals surface area contributed by atoms with Crippen molar-refractivity contribution in [1.82, 2.24) is 0 Å². The smallest absolute Gasteiger partial charge is 0.157 e. The summed E-state index contributed by atoms with van der Waals surface area (Å²) in [6.07, 6.45) is 6.96. The Bertz CT molecular complexity index is 1160. The maximum absolute atomic E-state index is 12.5. The molecule has 0 radical (unpaired) electrons. The first-order chi connectivity index (χ1) is 22.0. The topological polar surface area (TPSA) is 118 Å². The summed E-state index contributed by atoms with van der Waals surface area (Å²) < 4.78 is 23.9. The van der Waals surface area contributed by atoms with E-state index < -0.39 is 35.4 Å². The summed E-state index contributed by atoms with van der Waals surface area (Å²) in [5.41, 5.74) is -0.560. The van der Waals surface area contributed by atoms with Gasteiger partial charge in [-0.1, -0.05) is 60.1 Å². The molecule has 4 unspecified atom stereocenters. The standard InChI is InChI=1S/C39H66O8/c1-9-44-30(11-10-12-31-45-19-20-46-31)47-23-39-25(21-34(2,3)32(42)33(39)43)24-13-14-27-36(6)17-16-28(40)35(4,5)26(36)15-18-37(27,7)38(24,8)22-29(39)41/h13,25-33,40-43H,9-12,14-23H2,1-8H3/t25-,26?,27?,28-,29-,30?,32?,33-,36-,37+,38+,39-/m0/s1. The summed E-state index contributed by atoms with van der Waals surface area (Å²) in [4.78, 5) is 0. The fourth-order valence-corrected chi connectivity index (χ4v) is 12.5. The van der Waals surface area contributed by atoms with E-state index in [0.29, 0.717) is 50.9 Å². The molecule has 0 aromatic heterocycles. The highest BCUT2D eigenvalue weighted by atomic mass is 16.7. The van der Waals surface area contributed by atoms with Gasteiger partial charge in [0.15, 0.2) is 12.6 Å². The van der Waals surface area contributed by atoms with Gasteiger partial charge < -0.3 is 39.4 Å². The van der Waals surface area contributed by atoms with Crippen LogP contribution in [-0.4, -0.2) is 83.8 Å². The zero-order chi connectivity index (χ0) is 34.2. The molecule has 270 valence electrons.